The summed E-state index contributed by atoms with van der Waals surface area (Å²) in [5, 5.41) is 3.07. The molecule has 1 aromatic rings. The predicted molar refractivity (Wildman–Crippen MR) is 83.4 cm³/mol. The molecule has 21 heavy (non-hydrogen) atoms. The Labute approximate surface area is 127 Å². The summed E-state index contributed by atoms with van der Waals surface area (Å²) < 4.78 is 32.8. The van der Waals surface area contributed by atoms with Gasteiger partial charge in [0.2, 0.25) is 10.0 Å². The van der Waals surface area contributed by atoms with Crippen LogP contribution in [-0.4, -0.2) is 34.2 Å². The Kier molecular flexibility index (Phi) is 5.37. The molecule has 1 unspecified atom stereocenters. The molecular formula is C15H24N2O3S. The molecule has 1 aromatic carbocycles. The van der Waals surface area contributed by atoms with Crippen molar-refractivity contribution in [1.29, 1.82) is 0 Å². The topological polar surface area (TPSA) is 67.4 Å². The second kappa shape index (κ2) is 6.87. The van der Waals surface area contributed by atoms with Crippen molar-refractivity contribution < 1.29 is 13.2 Å². The maximum Gasteiger partial charge on any atom is 0.216 e. The van der Waals surface area contributed by atoms with E-state index < -0.39 is 15.6 Å². The fourth-order valence-electron chi connectivity index (χ4n) is 2.60. The zero-order valence-electron chi connectivity index (χ0n) is 12.7. The van der Waals surface area contributed by atoms with Crippen molar-refractivity contribution in [3.63, 3.8) is 0 Å². The van der Waals surface area contributed by atoms with Crippen molar-refractivity contribution in [1.82, 2.24) is 10.0 Å². The van der Waals surface area contributed by atoms with E-state index in [1.165, 1.54) is 0 Å². The Hall–Kier alpha value is -0.950. The average Bonchev–Trinajstić information content (AvgIpc) is 2.40. The summed E-state index contributed by atoms with van der Waals surface area (Å²) in [6, 6.07) is 7.64. The van der Waals surface area contributed by atoms with E-state index in [0.717, 1.165) is 30.5 Å². The zero-order valence-corrected chi connectivity index (χ0v) is 13.5. The molecule has 0 aromatic heterocycles. The van der Waals surface area contributed by atoms with Gasteiger partial charge in [0.25, 0.3) is 0 Å². The maximum atomic E-state index is 12.3. The van der Waals surface area contributed by atoms with Crippen molar-refractivity contribution in [2.75, 3.05) is 20.3 Å². The molecule has 1 fully saturated rings. The van der Waals surface area contributed by atoms with E-state index in [1.54, 1.807) is 0 Å². The van der Waals surface area contributed by atoms with Crippen molar-refractivity contribution >= 4 is 10.0 Å². The monoisotopic (exact) mass is 312 g/mol. The molecule has 1 atom stereocenters. The standard InChI is InChI=1S/C15H24N2O3S/c1-15(8-3-9-20-12-15)17-21(18,19)11-14-6-4-13(5-7-14)10-16-2/h4-7,16-17H,3,8-12H2,1-2H3. The van der Waals surface area contributed by atoms with Gasteiger partial charge in [0.1, 0.15) is 0 Å². The minimum atomic E-state index is -3.36. The Morgan fingerprint density at radius 3 is 2.48 bits per heavy atom. The van der Waals surface area contributed by atoms with E-state index in [1.807, 2.05) is 38.2 Å². The molecule has 0 saturated carbocycles. The summed E-state index contributed by atoms with van der Waals surface area (Å²) in [6.45, 7) is 3.83. The van der Waals surface area contributed by atoms with Gasteiger partial charge >= 0.3 is 0 Å². The van der Waals surface area contributed by atoms with Gasteiger partial charge in [0, 0.05) is 13.2 Å². The number of ether oxygens (including phenoxy) is 1. The van der Waals surface area contributed by atoms with Gasteiger partial charge in [0.15, 0.2) is 0 Å². The molecule has 2 N–H and O–H groups in total. The van der Waals surface area contributed by atoms with E-state index in [9.17, 15) is 8.42 Å². The molecule has 5 nitrogen and oxygen atoms in total. The number of sulfonamides is 1. The van der Waals surface area contributed by atoms with Crippen LogP contribution in [0.5, 0.6) is 0 Å². The first-order valence-electron chi connectivity index (χ1n) is 7.24. The van der Waals surface area contributed by atoms with Crippen molar-refractivity contribution in [3.8, 4) is 0 Å². The largest absolute Gasteiger partial charge is 0.380 e. The normalized spacial score (nSPS) is 23.1. The molecule has 1 aliphatic heterocycles. The van der Waals surface area contributed by atoms with Crippen LogP contribution < -0.4 is 10.0 Å². The highest BCUT2D eigenvalue weighted by Gasteiger charge is 2.32. The first kappa shape index (κ1) is 16.4. The van der Waals surface area contributed by atoms with Crippen molar-refractivity contribution in [2.45, 2.75) is 37.6 Å². The van der Waals surface area contributed by atoms with Crippen LogP contribution in [0.15, 0.2) is 24.3 Å². The molecule has 0 radical (unpaired) electrons. The van der Waals surface area contributed by atoms with Crippen LogP contribution in [0, 0.1) is 0 Å². The predicted octanol–water partition coefficient (Wildman–Crippen LogP) is 1.39. The fourth-order valence-corrected chi connectivity index (χ4v) is 4.22. The molecule has 0 bridgehead atoms. The lowest BCUT2D eigenvalue weighted by atomic mass is 9.97. The van der Waals surface area contributed by atoms with Crippen molar-refractivity contribution in [2.24, 2.45) is 0 Å². The molecular weight excluding hydrogens is 288 g/mol. The van der Waals surface area contributed by atoms with Gasteiger partial charge in [-0.3, -0.25) is 0 Å². The van der Waals surface area contributed by atoms with Crippen LogP contribution >= 0.6 is 0 Å². The van der Waals surface area contributed by atoms with Gasteiger partial charge in [-0.05, 0) is 37.9 Å². The SMILES string of the molecule is CNCc1ccc(CS(=O)(=O)NC2(C)CCCOC2)cc1. The van der Waals surface area contributed by atoms with Crippen LogP contribution in [-0.2, 0) is 27.1 Å². The lowest BCUT2D eigenvalue weighted by molar-refractivity contribution is 0.0386. The van der Waals surface area contributed by atoms with E-state index in [0.29, 0.717) is 13.2 Å². The molecule has 1 heterocycles. The number of hydrogen-bond donors (Lipinski definition) is 2. The molecule has 2 rings (SSSR count). The number of benzene rings is 1. The highest BCUT2D eigenvalue weighted by Crippen LogP contribution is 2.20. The summed E-state index contributed by atoms with van der Waals surface area (Å²) in [6.07, 6.45) is 1.70. The van der Waals surface area contributed by atoms with Crippen LogP contribution in [0.2, 0.25) is 0 Å². The summed E-state index contributed by atoms with van der Waals surface area (Å²) >= 11 is 0. The van der Waals surface area contributed by atoms with E-state index >= 15 is 0 Å². The molecule has 1 aliphatic rings. The average molecular weight is 312 g/mol. The molecule has 6 heteroatoms. The van der Waals surface area contributed by atoms with Crippen LogP contribution in [0.1, 0.15) is 30.9 Å². The molecule has 1 saturated heterocycles. The van der Waals surface area contributed by atoms with E-state index in [2.05, 4.69) is 10.0 Å². The summed E-state index contributed by atoms with van der Waals surface area (Å²) in [7, 11) is -1.48. The van der Waals surface area contributed by atoms with Gasteiger partial charge in [0.05, 0.1) is 17.9 Å². The highest BCUT2D eigenvalue weighted by molar-refractivity contribution is 7.88. The first-order chi connectivity index (χ1) is 9.92. The lowest BCUT2D eigenvalue weighted by Crippen LogP contribution is -2.51. The Bertz CT molecular complexity index is 549. The maximum absolute atomic E-state index is 12.3. The lowest BCUT2D eigenvalue weighted by Gasteiger charge is -2.33. The zero-order chi connectivity index (χ0) is 15.3. The van der Waals surface area contributed by atoms with Gasteiger partial charge in [-0.25, -0.2) is 13.1 Å². The Morgan fingerprint density at radius 1 is 1.24 bits per heavy atom. The molecule has 118 valence electrons. The Morgan fingerprint density at radius 2 is 1.90 bits per heavy atom. The van der Waals surface area contributed by atoms with Crippen molar-refractivity contribution in [3.05, 3.63) is 35.4 Å². The molecule has 0 aliphatic carbocycles. The number of rotatable bonds is 6. The minimum absolute atomic E-state index is 0.00240. The summed E-state index contributed by atoms with van der Waals surface area (Å²) in [5.41, 5.74) is 1.45. The summed E-state index contributed by atoms with van der Waals surface area (Å²) in [5.74, 6) is 0.00240. The first-order valence-corrected chi connectivity index (χ1v) is 8.89. The third kappa shape index (κ3) is 5.07. The fraction of sp³-hybridized carbons (Fsp3) is 0.600. The summed E-state index contributed by atoms with van der Waals surface area (Å²) in [4.78, 5) is 0. The van der Waals surface area contributed by atoms with Gasteiger partial charge in [-0.2, -0.15) is 0 Å². The van der Waals surface area contributed by atoms with Crippen LogP contribution in [0.25, 0.3) is 0 Å². The van der Waals surface area contributed by atoms with Gasteiger partial charge < -0.3 is 10.1 Å². The number of nitrogens with one attached hydrogen (secondary N) is 2. The highest BCUT2D eigenvalue weighted by atomic mass is 32.2. The van der Waals surface area contributed by atoms with E-state index in [-0.39, 0.29) is 5.75 Å². The Balaban J connectivity index is 1.99. The van der Waals surface area contributed by atoms with Crippen LogP contribution in [0.4, 0.5) is 0 Å². The van der Waals surface area contributed by atoms with Gasteiger partial charge in [-0.1, -0.05) is 24.3 Å². The van der Waals surface area contributed by atoms with E-state index in [4.69, 9.17) is 4.74 Å². The smallest absolute Gasteiger partial charge is 0.216 e. The van der Waals surface area contributed by atoms with Crippen LogP contribution in [0.3, 0.4) is 0 Å². The molecule has 0 amide bonds. The third-order valence-electron chi connectivity index (χ3n) is 3.60. The third-order valence-corrected chi connectivity index (χ3v) is 5.12. The minimum Gasteiger partial charge on any atom is -0.380 e. The quantitative estimate of drug-likeness (QED) is 0.833. The second-order valence-corrected chi connectivity index (χ2v) is 7.65. The second-order valence-electron chi connectivity index (χ2n) is 5.92. The number of hydrogen-bond acceptors (Lipinski definition) is 4. The van der Waals surface area contributed by atoms with Gasteiger partial charge in [-0.15, -0.1) is 0 Å². The molecule has 0 spiro atoms.